The normalized spacial score (nSPS) is 19.3. The maximum Gasteiger partial charge on any atom is 0.267 e. The zero-order chi connectivity index (χ0) is 24.6. The quantitative estimate of drug-likeness (QED) is 0.506. The molecule has 3 aromatic rings. The summed E-state index contributed by atoms with van der Waals surface area (Å²) in [5.41, 5.74) is 0.877. The van der Waals surface area contributed by atoms with Crippen molar-refractivity contribution in [3.63, 3.8) is 0 Å². The van der Waals surface area contributed by atoms with Gasteiger partial charge in [0.25, 0.3) is 17.4 Å². The second kappa shape index (κ2) is 8.54. The van der Waals surface area contributed by atoms with Crippen molar-refractivity contribution < 1.29 is 23.8 Å². The van der Waals surface area contributed by atoms with Crippen molar-refractivity contribution in [2.75, 3.05) is 10.6 Å². The fraction of sp³-hybridized carbons (Fsp3) is 0.0385. The minimum Gasteiger partial charge on any atom is -0.463 e. The molecule has 0 radical (unpaired) electrons. The Morgan fingerprint density at radius 1 is 1.09 bits per heavy atom. The van der Waals surface area contributed by atoms with Crippen molar-refractivity contribution in [2.45, 2.75) is 5.79 Å². The number of allylic oxidation sites excluding steroid dienone is 2. The Morgan fingerprint density at radius 2 is 1.89 bits per heavy atom. The lowest BCUT2D eigenvalue weighted by Crippen LogP contribution is -2.28. The zero-order valence-corrected chi connectivity index (χ0v) is 18.1. The fourth-order valence-corrected chi connectivity index (χ4v) is 3.84. The minimum atomic E-state index is -1.79. The maximum atomic E-state index is 13.3. The van der Waals surface area contributed by atoms with Crippen LogP contribution in [0.1, 0.15) is 15.9 Å². The number of nitrogens with one attached hydrogen (secondary N) is 2. The van der Waals surface area contributed by atoms with Gasteiger partial charge in [0.05, 0.1) is 23.2 Å². The number of ether oxygens (including phenoxy) is 1. The molecule has 0 saturated heterocycles. The van der Waals surface area contributed by atoms with Gasteiger partial charge in [-0.25, -0.2) is 4.39 Å². The molecule has 8 nitrogen and oxygen atoms in total. The number of amides is 2. The van der Waals surface area contributed by atoms with Crippen LogP contribution in [0.25, 0.3) is 11.3 Å². The summed E-state index contributed by atoms with van der Waals surface area (Å²) in [6, 6.07) is 13.1. The first-order valence-electron chi connectivity index (χ1n) is 10.6. The van der Waals surface area contributed by atoms with E-state index in [4.69, 9.17) is 4.74 Å². The smallest absolute Gasteiger partial charge is 0.267 e. The number of fused-ring (bicyclic) bond motifs is 1. The van der Waals surface area contributed by atoms with Crippen molar-refractivity contribution in [1.82, 2.24) is 4.57 Å². The van der Waals surface area contributed by atoms with Gasteiger partial charge in [-0.2, -0.15) is 0 Å². The van der Waals surface area contributed by atoms with Gasteiger partial charge in [-0.1, -0.05) is 18.2 Å². The van der Waals surface area contributed by atoms with Gasteiger partial charge in [-0.15, -0.1) is 0 Å². The number of pyridine rings is 1. The van der Waals surface area contributed by atoms with E-state index in [0.29, 0.717) is 16.9 Å². The van der Waals surface area contributed by atoms with Gasteiger partial charge in [-0.05, 0) is 54.6 Å². The Hall–Kier alpha value is -4.76. The number of halogens is 1. The van der Waals surface area contributed by atoms with Crippen LogP contribution in [0.15, 0.2) is 96.2 Å². The Kier molecular flexibility index (Phi) is 5.38. The number of aliphatic hydroxyl groups is 1. The lowest BCUT2D eigenvalue weighted by atomic mass is 10.0. The third-order valence-corrected chi connectivity index (χ3v) is 5.52. The molecule has 3 heterocycles. The molecule has 3 N–H and O–H groups in total. The van der Waals surface area contributed by atoms with E-state index < -0.39 is 29.0 Å². The molecule has 9 heteroatoms. The number of nitrogens with zero attached hydrogens (tertiary/aromatic N) is 1. The van der Waals surface area contributed by atoms with Crippen LogP contribution in [-0.4, -0.2) is 27.3 Å². The molecule has 0 fully saturated rings. The molecule has 2 aromatic carbocycles. The molecule has 174 valence electrons. The van der Waals surface area contributed by atoms with E-state index in [0.717, 1.165) is 0 Å². The molecule has 1 aromatic heterocycles. The average molecular weight is 471 g/mol. The van der Waals surface area contributed by atoms with Crippen molar-refractivity contribution in [3.8, 4) is 5.69 Å². The molecule has 0 aliphatic carbocycles. The number of aromatic nitrogens is 1. The number of carbonyl (C=O) groups excluding carboxylic acids is 2. The third kappa shape index (κ3) is 4.16. The van der Waals surface area contributed by atoms with Crippen molar-refractivity contribution in [3.05, 3.63) is 119 Å². The van der Waals surface area contributed by atoms with E-state index in [1.807, 2.05) is 0 Å². The number of benzene rings is 2. The van der Waals surface area contributed by atoms with Crippen LogP contribution in [-0.2, 0) is 9.53 Å². The molecule has 0 spiro atoms. The van der Waals surface area contributed by atoms with E-state index in [1.54, 1.807) is 30.4 Å². The lowest BCUT2D eigenvalue weighted by Gasteiger charge is -2.22. The number of para-hydroxylation sites is 1. The van der Waals surface area contributed by atoms with Crippen LogP contribution >= 0.6 is 0 Å². The number of anilines is 2. The number of rotatable bonds is 4. The second-order valence-electron chi connectivity index (χ2n) is 7.83. The lowest BCUT2D eigenvalue weighted by molar-refractivity contribution is -0.111. The Balaban J connectivity index is 1.46. The third-order valence-electron chi connectivity index (χ3n) is 5.52. The molecule has 1 atom stereocenters. The van der Waals surface area contributed by atoms with Crippen LogP contribution in [0.3, 0.4) is 0 Å². The molecule has 0 saturated carbocycles. The van der Waals surface area contributed by atoms with Gasteiger partial charge < -0.3 is 20.5 Å². The highest BCUT2D eigenvalue weighted by molar-refractivity contribution is 6.33. The number of hydrogen-bond acceptors (Lipinski definition) is 5. The average Bonchev–Trinajstić information content (AvgIpc) is 3.16. The van der Waals surface area contributed by atoms with Crippen molar-refractivity contribution in [2.24, 2.45) is 0 Å². The standard InChI is InChI=1S/C26H18FN3O5/c27-16-8-10-17(11-9-16)30-13-4-6-19(25(30)33)23(31)28-21-7-3-5-18-20(24(32)29-22(18)21)15-26(34)12-1-2-14-35-26/h1-15,34H,(H,28,31)(H,29,32)/b20-15-. The largest absolute Gasteiger partial charge is 0.463 e. The Bertz CT molecular complexity index is 1500. The highest BCUT2D eigenvalue weighted by Gasteiger charge is 2.32. The first-order valence-corrected chi connectivity index (χ1v) is 10.6. The number of carbonyl (C=O) groups is 2. The zero-order valence-electron chi connectivity index (χ0n) is 18.1. The summed E-state index contributed by atoms with van der Waals surface area (Å²) in [5.74, 6) is -3.41. The molecular formula is C26H18FN3O5. The first-order chi connectivity index (χ1) is 16.8. The molecule has 5 rings (SSSR count). The second-order valence-corrected chi connectivity index (χ2v) is 7.83. The summed E-state index contributed by atoms with van der Waals surface area (Å²) in [7, 11) is 0. The molecular weight excluding hydrogens is 453 g/mol. The van der Waals surface area contributed by atoms with Crippen LogP contribution < -0.4 is 16.2 Å². The summed E-state index contributed by atoms with van der Waals surface area (Å²) >= 11 is 0. The molecule has 35 heavy (non-hydrogen) atoms. The summed E-state index contributed by atoms with van der Waals surface area (Å²) in [6.07, 6.45) is 8.63. The predicted molar refractivity (Wildman–Crippen MR) is 127 cm³/mol. The molecule has 0 bridgehead atoms. The summed E-state index contributed by atoms with van der Waals surface area (Å²) in [5, 5.41) is 15.9. The maximum absolute atomic E-state index is 13.3. The van der Waals surface area contributed by atoms with Gasteiger partial charge in [-0.3, -0.25) is 19.0 Å². The molecule has 2 aliphatic rings. The van der Waals surface area contributed by atoms with Crippen LogP contribution in [0.4, 0.5) is 15.8 Å². The van der Waals surface area contributed by atoms with Gasteiger partial charge in [0.1, 0.15) is 11.4 Å². The Labute approximate surface area is 198 Å². The van der Waals surface area contributed by atoms with Crippen LogP contribution in [0.5, 0.6) is 0 Å². The van der Waals surface area contributed by atoms with E-state index in [9.17, 15) is 23.9 Å². The van der Waals surface area contributed by atoms with Crippen molar-refractivity contribution >= 4 is 28.8 Å². The van der Waals surface area contributed by atoms with Gasteiger partial charge in [0.2, 0.25) is 5.79 Å². The van der Waals surface area contributed by atoms with E-state index in [2.05, 4.69) is 10.6 Å². The van der Waals surface area contributed by atoms with Crippen LogP contribution in [0.2, 0.25) is 0 Å². The molecule has 2 aliphatic heterocycles. The molecule has 2 amide bonds. The van der Waals surface area contributed by atoms with Crippen LogP contribution in [0, 0.1) is 5.82 Å². The van der Waals surface area contributed by atoms with Gasteiger partial charge >= 0.3 is 0 Å². The SMILES string of the molecule is O=C1Nc2c(NC(=O)c3cccn(-c4ccc(F)cc4)c3=O)cccc2/C1=C/C1(O)C=CC=CO1. The summed E-state index contributed by atoms with van der Waals surface area (Å²) < 4.78 is 19.7. The summed E-state index contributed by atoms with van der Waals surface area (Å²) in [6.45, 7) is 0. The van der Waals surface area contributed by atoms with Gasteiger partial charge in [0.15, 0.2) is 0 Å². The highest BCUT2D eigenvalue weighted by atomic mass is 19.1. The van der Waals surface area contributed by atoms with E-state index >= 15 is 0 Å². The topological polar surface area (TPSA) is 110 Å². The highest BCUT2D eigenvalue weighted by Crippen LogP contribution is 2.39. The predicted octanol–water partition coefficient (Wildman–Crippen LogP) is 3.35. The Morgan fingerprint density at radius 3 is 2.63 bits per heavy atom. The van der Waals surface area contributed by atoms with Crippen molar-refractivity contribution in [1.29, 1.82) is 0 Å². The van der Waals surface area contributed by atoms with E-state index in [-0.39, 0.29) is 16.8 Å². The minimum absolute atomic E-state index is 0.142. The van der Waals surface area contributed by atoms with Gasteiger partial charge in [0, 0.05) is 23.5 Å². The first kappa shape index (κ1) is 22.1. The molecule has 1 unspecified atom stereocenters. The summed E-state index contributed by atoms with van der Waals surface area (Å²) in [4.78, 5) is 38.6. The monoisotopic (exact) mass is 471 g/mol. The fourth-order valence-electron chi connectivity index (χ4n) is 3.84. The number of hydrogen-bond donors (Lipinski definition) is 3. The van der Waals surface area contributed by atoms with E-state index in [1.165, 1.54) is 65.6 Å².